The minimum Gasteiger partial charge on any atom is -0.498 e. The highest BCUT2D eigenvalue weighted by Crippen LogP contribution is 2.19. The van der Waals surface area contributed by atoms with Gasteiger partial charge in [0.25, 0.3) is 0 Å². The van der Waals surface area contributed by atoms with Crippen molar-refractivity contribution >= 4 is 5.69 Å². The Bertz CT molecular complexity index is 374. The predicted molar refractivity (Wildman–Crippen MR) is 73.3 cm³/mol. The summed E-state index contributed by atoms with van der Waals surface area (Å²) in [5, 5.41) is 2.88. The molecule has 1 N–H and O–H groups in total. The zero-order valence-electron chi connectivity index (χ0n) is 11.2. The van der Waals surface area contributed by atoms with E-state index in [9.17, 15) is 0 Å². The van der Waals surface area contributed by atoms with Crippen LogP contribution < -0.4 is 10.2 Å². The standard InChI is InChI=1S/C14H22N2O/c1-12-5-6-13(2)14(11-12)16(4)8-10-17-9-7-15-3/h5-7,9,11,15H,8,10H2,1-4H3/b9-7+. The topological polar surface area (TPSA) is 24.5 Å². The molecule has 0 saturated heterocycles. The molecule has 0 bridgehead atoms. The molecule has 0 radical (unpaired) electrons. The van der Waals surface area contributed by atoms with Crippen LogP contribution in [0.25, 0.3) is 0 Å². The molecule has 0 heterocycles. The quantitative estimate of drug-likeness (QED) is 0.604. The van der Waals surface area contributed by atoms with E-state index in [-0.39, 0.29) is 0 Å². The number of hydrogen-bond acceptors (Lipinski definition) is 3. The molecule has 3 heteroatoms. The van der Waals surface area contributed by atoms with Crippen molar-refractivity contribution in [2.75, 3.05) is 32.1 Å². The van der Waals surface area contributed by atoms with E-state index in [0.717, 1.165) is 6.54 Å². The maximum absolute atomic E-state index is 5.35. The summed E-state index contributed by atoms with van der Waals surface area (Å²) in [4.78, 5) is 2.22. The molecule has 0 fully saturated rings. The number of hydrogen-bond donors (Lipinski definition) is 1. The first kappa shape index (κ1) is 13.4. The summed E-state index contributed by atoms with van der Waals surface area (Å²) < 4.78 is 5.35. The van der Waals surface area contributed by atoms with Crippen molar-refractivity contribution in [1.82, 2.24) is 5.32 Å². The van der Waals surface area contributed by atoms with Crippen molar-refractivity contribution in [3.05, 3.63) is 41.8 Å². The lowest BCUT2D eigenvalue weighted by atomic mass is 10.1. The minimum absolute atomic E-state index is 0.683. The molecule has 0 unspecified atom stereocenters. The average Bonchev–Trinajstić information content (AvgIpc) is 2.32. The second-order valence-electron chi connectivity index (χ2n) is 4.17. The third-order valence-electron chi connectivity index (χ3n) is 2.65. The van der Waals surface area contributed by atoms with Crippen LogP contribution in [0.5, 0.6) is 0 Å². The van der Waals surface area contributed by atoms with Crippen molar-refractivity contribution in [2.24, 2.45) is 0 Å². The highest BCUT2D eigenvalue weighted by Gasteiger charge is 2.04. The lowest BCUT2D eigenvalue weighted by Crippen LogP contribution is -2.22. The molecule has 1 aromatic carbocycles. The molecular weight excluding hydrogens is 212 g/mol. The zero-order chi connectivity index (χ0) is 12.7. The fourth-order valence-corrected chi connectivity index (χ4v) is 1.62. The van der Waals surface area contributed by atoms with Gasteiger partial charge >= 0.3 is 0 Å². The largest absolute Gasteiger partial charge is 0.498 e. The lowest BCUT2D eigenvalue weighted by Gasteiger charge is -2.21. The molecule has 0 aliphatic carbocycles. The van der Waals surface area contributed by atoms with E-state index >= 15 is 0 Å². The molecule has 17 heavy (non-hydrogen) atoms. The summed E-state index contributed by atoms with van der Waals surface area (Å²) in [6, 6.07) is 6.50. The van der Waals surface area contributed by atoms with Crippen LogP contribution in [0.4, 0.5) is 5.69 Å². The smallest absolute Gasteiger partial charge is 0.105 e. The summed E-state index contributed by atoms with van der Waals surface area (Å²) in [6.07, 6.45) is 3.45. The van der Waals surface area contributed by atoms with Gasteiger partial charge in [0.1, 0.15) is 6.61 Å². The molecule has 0 aromatic heterocycles. The molecule has 0 saturated carbocycles. The van der Waals surface area contributed by atoms with Crippen LogP contribution in [-0.4, -0.2) is 27.2 Å². The number of likely N-dealkylation sites (N-methyl/N-ethyl adjacent to an activating group) is 1. The number of nitrogens with one attached hydrogen (secondary N) is 1. The van der Waals surface area contributed by atoms with Gasteiger partial charge in [-0.15, -0.1) is 0 Å². The number of rotatable bonds is 6. The monoisotopic (exact) mass is 234 g/mol. The van der Waals surface area contributed by atoms with Gasteiger partial charge in [-0.05, 0) is 31.0 Å². The first-order chi connectivity index (χ1) is 8.15. The van der Waals surface area contributed by atoms with Crippen LogP contribution in [0.15, 0.2) is 30.7 Å². The van der Waals surface area contributed by atoms with Crippen molar-refractivity contribution < 1.29 is 4.74 Å². The Hall–Kier alpha value is -1.64. The second-order valence-corrected chi connectivity index (χ2v) is 4.17. The molecule has 0 aliphatic rings. The molecular formula is C14H22N2O. The van der Waals surface area contributed by atoms with Crippen molar-refractivity contribution in [2.45, 2.75) is 13.8 Å². The number of anilines is 1. The SMILES string of the molecule is CN/C=C/OCCN(C)c1cc(C)ccc1C. The maximum Gasteiger partial charge on any atom is 0.105 e. The van der Waals surface area contributed by atoms with E-state index in [1.165, 1.54) is 16.8 Å². The van der Waals surface area contributed by atoms with E-state index in [4.69, 9.17) is 4.74 Å². The van der Waals surface area contributed by atoms with E-state index < -0.39 is 0 Å². The van der Waals surface area contributed by atoms with Crippen LogP contribution in [0.1, 0.15) is 11.1 Å². The number of benzene rings is 1. The third-order valence-corrected chi connectivity index (χ3v) is 2.65. The summed E-state index contributed by atoms with van der Waals surface area (Å²) in [5.41, 5.74) is 3.85. The van der Waals surface area contributed by atoms with Crippen molar-refractivity contribution in [3.8, 4) is 0 Å². The minimum atomic E-state index is 0.683. The summed E-state index contributed by atoms with van der Waals surface area (Å²) >= 11 is 0. The Labute approximate surface area is 104 Å². The van der Waals surface area contributed by atoms with Gasteiger partial charge in [0, 0.05) is 26.0 Å². The van der Waals surface area contributed by atoms with Gasteiger partial charge < -0.3 is 15.0 Å². The Morgan fingerprint density at radius 3 is 2.82 bits per heavy atom. The molecule has 0 aliphatic heterocycles. The molecule has 0 amide bonds. The van der Waals surface area contributed by atoms with E-state index in [1.54, 1.807) is 12.5 Å². The highest BCUT2D eigenvalue weighted by molar-refractivity contribution is 5.54. The Morgan fingerprint density at radius 2 is 2.12 bits per heavy atom. The van der Waals surface area contributed by atoms with E-state index in [2.05, 4.69) is 49.3 Å². The number of nitrogens with zero attached hydrogens (tertiary/aromatic N) is 1. The highest BCUT2D eigenvalue weighted by atomic mass is 16.5. The fourth-order valence-electron chi connectivity index (χ4n) is 1.62. The Morgan fingerprint density at radius 1 is 1.35 bits per heavy atom. The number of aryl methyl sites for hydroxylation is 2. The van der Waals surface area contributed by atoms with Crippen LogP contribution in [0.3, 0.4) is 0 Å². The van der Waals surface area contributed by atoms with E-state index in [0.29, 0.717) is 6.61 Å². The maximum atomic E-state index is 5.35. The molecule has 1 aromatic rings. The van der Waals surface area contributed by atoms with Crippen LogP contribution in [-0.2, 0) is 4.74 Å². The Balaban J connectivity index is 2.49. The first-order valence-corrected chi connectivity index (χ1v) is 5.87. The van der Waals surface area contributed by atoms with Gasteiger partial charge in [0.2, 0.25) is 0 Å². The van der Waals surface area contributed by atoms with Crippen molar-refractivity contribution in [1.29, 1.82) is 0 Å². The first-order valence-electron chi connectivity index (χ1n) is 5.87. The Kier molecular flexibility index (Phi) is 5.40. The van der Waals surface area contributed by atoms with Gasteiger partial charge in [-0.3, -0.25) is 0 Å². The summed E-state index contributed by atoms with van der Waals surface area (Å²) in [7, 11) is 3.94. The molecule has 0 spiro atoms. The fraction of sp³-hybridized carbons (Fsp3) is 0.429. The third kappa shape index (κ3) is 4.39. The summed E-state index contributed by atoms with van der Waals surface area (Å²) in [5.74, 6) is 0. The van der Waals surface area contributed by atoms with E-state index in [1.807, 2.05) is 7.05 Å². The van der Waals surface area contributed by atoms with Crippen LogP contribution in [0.2, 0.25) is 0 Å². The predicted octanol–water partition coefficient (Wildman–Crippen LogP) is 2.45. The van der Waals surface area contributed by atoms with Gasteiger partial charge in [0.15, 0.2) is 0 Å². The number of ether oxygens (including phenoxy) is 1. The van der Waals surface area contributed by atoms with Crippen molar-refractivity contribution in [3.63, 3.8) is 0 Å². The van der Waals surface area contributed by atoms with Gasteiger partial charge in [-0.2, -0.15) is 0 Å². The average molecular weight is 234 g/mol. The summed E-state index contributed by atoms with van der Waals surface area (Å²) in [6.45, 7) is 5.80. The van der Waals surface area contributed by atoms with Crippen LogP contribution in [0, 0.1) is 13.8 Å². The molecule has 1 rings (SSSR count). The van der Waals surface area contributed by atoms with Gasteiger partial charge in [0.05, 0.1) is 12.8 Å². The lowest BCUT2D eigenvalue weighted by molar-refractivity contribution is 0.256. The second kappa shape index (κ2) is 6.84. The molecule has 0 atom stereocenters. The zero-order valence-corrected chi connectivity index (χ0v) is 11.2. The van der Waals surface area contributed by atoms with Gasteiger partial charge in [-0.1, -0.05) is 12.1 Å². The van der Waals surface area contributed by atoms with Gasteiger partial charge in [-0.25, -0.2) is 0 Å². The normalized spacial score (nSPS) is 10.6. The molecule has 94 valence electrons. The van der Waals surface area contributed by atoms with Crippen LogP contribution >= 0.6 is 0 Å². The molecule has 3 nitrogen and oxygen atoms in total.